The molecule has 0 unspecified atom stereocenters. The Morgan fingerprint density at radius 3 is 2.24 bits per heavy atom. The van der Waals surface area contributed by atoms with Gasteiger partial charge in [-0.3, -0.25) is 9.59 Å². The van der Waals surface area contributed by atoms with Gasteiger partial charge in [0, 0.05) is 6.54 Å². The van der Waals surface area contributed by atoms with Crippen molar-refractivity contribution in [3.05, 3.63) is 0 Å². The smallest absolute Gasteiger partial charge is 0.322 e. The Hall–Kier alpha value is -1.10. The topological polar surface area (TPSA) is 64.6 Å². The predicted octanol–water partition coefficient (Wildman–Crippen LogP) is 0.869. The highest BCUT2D eigenvalue weighted by molar-refractivity contribution is 5.77. The standard InChI is InChI=1S/C12H21NO4/c1-12(2,3)17-10(14)8-5-6-9(13-7-8)11(15)16-4/h8-9,13H,5-7H2,1-4H3/t8-,9-/m1/s1. The van der Waals surface area contributed by atoms with Crippen molar-refractivity contribution in [2.24, 2.45) is 5.92 Å². The number of ether oxygens (including phenoxy) is 2. The molecular weight excluding hydrogens is 222 g/mol. The van der Waals surface area contributed by atoms with Crippen molar-refractivity contribution >= 4 is 11.9 Å². The Kier molecular flexibility index (Phi) is 4.51. The van der Waals surface area contributed by atoms with Crippen molar-refractivity contribution in [1.82, 2.24) is 5.32 Å². The summed E-state index contributed by atoms with van der Waals surface area (Å²) in [4.78, 5) is 23.1. The van der Waals surface area contributed by atoms with Crippen molar-refractivity contribution < 1.29 is 19.1 Å². The molecule has 0 amide bonds. The maximum Gasteiger partial charge on any atom is 0.322 e. The zero-order valence-corrected chi connectivity index (χ0v) is 10.9. The van der Waals surface area contributed by atoms with Gasteiger partial charge < -0.3 is 14.8 Å². The SMILES string of the molecule is COC(=O)[C@H]1CC[C@@H](C(=O)OC(C)(C)C)CN1. The van der Waals surface area contributed by atoms with E-state index in [9.17, 15) is 9.59 Å². The summed E-state index contributed by atoms with van der Waals surface area (Å²) in [5, 5.41) is 3.01. The van der Waals surface area contributed by atoms with Crippen LogP contribution in [0.3, 0.4) is 0 Å². The number of esters is 2. The van der Waals surface area contributed by atoms with Gasteiger partial charge in [-0.1, -0.05) is 0 Å². The Balaban J connectivity index is 2.42. The molecule has 98 valence electrons. The molecule has 0 spiro atoms. The molecule has 0 aromatic carbocycles. The van der Waals surface area contributed by atoms with E-state index in [1.165, 1.54) is 7.11 Å². The van der Waals surface area contributed by atoms with E-state index in [4.69, 9.17) is 4.74 Å². The fraction of sp³-hybridized carbons (Fsp3) is 0.833. The summed E-state index contributed by atoms with van der Waals surface area (Å²) in [5.74, 6) is -0.643. The summed E-state index contributed by atoms with van der Waals surface area (Å²) < 4.78 is 9.95. The van der Waals surface area contributed by atoms with E-state index in [0.717, 1.165) is 0 Å². The molecule has 0 aromatic rings. The van der Waals surface area contributed by atoms with Crippen molar-refractivity contribution in [3.63, 3.8) is 0 Å². The van der Waals surface area contributed by atoms with Crippen molar-refractivity contribution in [2.45, 2.75) is 45.3 Å². The molecule has 0 aromatic heterocycles. The molecule has 1 aliphatic heterocycles. The summed E-state index contributed by atoms with van der Waals surface area (Å²) >= 11 is 0. The Morgan fingerprint density at radius 2 is 1.82 bits per heavy atom. The molecular formula is C12H21NO4. The zero-order valence-electron chi connectivity index (χ0n) is 10.9. The quantitative estimate of drug-likeness (QED) is 0.729. The largest absolute Gasteiger partial charge is 0.468 e. The van der Waals surface area contributed by atoms with Crippen LogP contribution in [0, 0.1) is 5.92 Å². The van der Waals surface area contributed by atoms with Gasteiger partial charge in [0.15, 0.2) is 0 Å². The molecule has 0 bridgehead atoms. The van der Waals surface area contributed by atoms with Crippen LogP contribution in [0.5, 0.6) is 0 Å². The van der Waals surface area contributed by atoms with Crippen LogP contribution in [0.25, 0.3) is 0 Å². The lowest BCUT2D eigenvalue weighted by molar-refractivity contribution is -0.161. The van der Waals surface area contributed by atoms with E-state index in [1.54, 1.807) is 0 Å². The number of carbonyl (C=O) groups excluding carboxylic acids is 2. The van der Waals surface area contributed by atoms with Gasteiger partial charge in [0.05, 0.1) is 13.0 Å². The highest BCUT2D eigenvalue weighted by Crippen LogP contribution is 2.19. The summed E-state index contributed by atoms with van der Waals surface area (Å²) in [6.45, 7) is 6.00. The van der Waals surface area contributed by atoms with Gasteiger partial charge in [-0.2, -0.15) is 0 Å². The second kappa shape index (κ2) is 5.49. The summed E-state index contributed by atoms with van der Waals surface area (Å²) in [6, 6.07) is -0.293. The lowest BCUT2D eigenvalue weighted by atomic mass is 9.94. The Bertz CT molecular complexity index is 287. The first-order valence-corrected chi connectivity index (χ1v) is 5.87. The first kappa shape index (κ1) is 14.0. The molecule has 1 N–H and O–H groups in total. The zero-order chi connectivity index (χ0) is 13.1. The number of piperidine rings is 1. The second-order valence-electron chi connectivity index (χ2n) is 5.29. The minimum Gasteiger partial charge on any atom is -0.468 e. The second-order valence-corrected chi connectivity index (χ2v) is 5.29. The highest BCUT2D eigenvalue weighted by Gasteiger charge is 2.32. The van der Waals surface area contributed by atoms with E-state index in [-0.39, 0.29) is 23.9 Å². The van der Waals surface area contributed by atoms with Crippen molar-refractivity contribution in [3.8, 4) is 0 Å². The molecule has 0 saturated carbocycles. The number of rotatable bonds is 2. The van der Waals surface area contributed by atoms with E-state index in [1.807, 2.05) is 20.8 Å². The van der Waals surface area contributed by atoms with Gasteiger partial charge >= 0.3 is 11.9 Å². The molecule has 1 fully saturated rings. The lowest BCUT2D eigenvalue weighted by Crippen LogP contribution is -2.47. The number of hydrogen-bond donors (Lipinski definition) is 1. The number of carbonyl (C=O) groups is 2. The van der Waals surface area contributed by atoms with Gasteiger partial charge in [0.1, 0.15) is 11.6 Å². The minimum absolute atomic E-state index is 0.171. The van der Waals surface area contributed by atoms with Crippen LogP contribution in [-0.4, -0.2) is 37.2 Å². The van der Waals surface area contributed by atoms with Gasteiger partial charge in [-0.25, -0.2) is 0 Å². The monoisotopic (exact) mass is 243 g/mol. The average molecular weight is 243 g/mol. The number of hydrogen-bond acceptors (Lipinski definition) is 5. The maximum absolute atomic E-state index is 11.8. The Morgan fingerprint density at radius 1 is 1.18 bits per heavy atom. The van der Waals surface area contributed by atoms with E-state index in [0.29, 0.717) is 19.4 Å². The number of nitrogens with one attached hydrogen (secondary N) is 1. The summed E-state index contributed by atoms with van der Waals surface area (Å²) in [5.41, 5.74) is -0.462. The molecule has 1 aliphatic rings. The normalized spacial score (nSPS) is 25.2. The Labute approximate surface area is 102 Å². The van der Waals surface area contributed by atoms with Gasteiger partial charge in [-0.15, -0.1) is 0 Å². The summed E-state index contributed by atoms with van der Waals surface area (Å²) in [6.07, 6.45) is 1.26. The van der Waals surface area contributed by atoms with Crippen molar-refractivity contribution in [2.75, 3.05) is 13.7 Å². The lowest BCUT2D eigenvalue weighted by Gasteiger charge is -2.29. The van der Waals surface area contributed by atoms with Crippen LogP contribution < -0.4 is 5.32 Å². The molecule has 1 saturated heterocycles. The number of methoxy groups -OCH3 is 1. The van der Waals surface area contributed by atoms with Crippen LogP contribution in [0.2, 0.25) is 0 Å². The van der Waals surface area contributed by atoms with Gasteiger partial charge in [0.25, 0.3) is 0 Å². The van der Waals surface area contributed by atoms with Gasteiger partial charge in [0.2, 0.25) is 0 Å². The molecule has 0 aliphatic carbocycles. The third-order valence-corrected chi connectivity index (χ3v) is 2.64. The van der Waals surface area contributed by atoms with E-state index < -0.39 is 5.60 Å². The third kappa shape index (κ3) is 4.34. The fourth-order valence-electron chi connectivity index (χ4n) is 1.79. The van der Waals surface area contributed by atoms with Crippen LogP contribution in [0.4, 0.5) is 0 Å². The molecule has 5 nitrogen and oxygen atoms in total. The third-order valence-electron chi connectivity index (χ3n) is 2.64. The molecule has 17 heavy (non-hydrogen) atoms. The van der Waals surface area contributed by atoms with Crippen molar-refractivity contribution in [1.29, 1.82) is 0 Å². The molecule has 5 heteroatoms. The van der Waals surface area contributed by atoms with Crippen LogP contribution in [0.1, 0.15) is 33.6 Å². The average Bonchev–Trinajstić information content (AvgIpc) is 2.26. The predicted molar refractivity (Wildman–Crippen MR) is 62.4 cm³/mol. The molecule has 2 atom stereocenters. The first-order chi connectivity index (χ1) is 7.83. The van der Waals surface area contributed by atoms with Crippen LogP contribution >= 0.6 is 0 Å². The maximum atomic E-state index is 11.8. The van der Waals surface area contributed by atoms with E-state index in [2.05, 4.69) is 10.1 Å². The minimum atomic E-state index is -0.462. The molecule has 1 heterocycles. The van der Waals surface area contributed by atoms with Crippen LogP contribution in [-0.2, 0) is 19.1 Å². The highest BCUT2D eigenvalue weighted by atomic mass is 16.6. The van der Waals surface area contributed by atoms with E-state index >= 15 is 0 Å². The molecule has 0 radical (unpaired) electrons. The van der Waals surface area contributed by atoms with Gasteiger partial charge in [-0.05, 0) is 33.6 Å². The molecule has 1 rings (SSSR count). The first-order valence-electron chi connectivity index (χ1n) is 5.87. The fourth-order valence-corrected chi connectivity index (χ4v) is 1.79. The summed E-state index contributed by atoms with van der Waals surface area (Å²) in [7, 11) is 1.37. The van der Waals surface area contributed by atoms with Crippen LogP contribution in [0.15, 0.2) is 0 Å².